The van der Waals surface area contributed by atoms with E-state index >= 15 is 0 Å². The third-order valence-electron chi connectivity index (χ3n) is 4.53. The molecule has 1 atom stereocenters. The molecule has 0 heterocycles. The third kappa shape index (κ3) is 3.62. The summed E-state index contributed by atoms with van der Waals surface area (Å²) in [5, 5.41) is 10.4. The van der Waals surface area contributed by atoms with E-state index in [-0.39, 0.29) is 6.10 Å². The van der Waals surface area contributed by atoms with E-state index in [1.807, 2.05) is 6.92 Å². The molecule has 1 fully saturated rings. The average Bonchev–Trinajstić information content (AvgIpc) is 2.44. The van der Waals surface area contributed by atoms with Crippen LogP contribution in [0.3, 0.4) is 0 Å². The van der Waals surface area contributed by atoms with Crippen molar-refractivity contribution >= 4 is 0 Å². The summed E-state index contributed by atoms with van der Waals surface area (Å²) in [4.78, 5) is 0. The van der Waals surface area contributed by atoms with Crippen molar-refractivity contribution in [2.24, 2.45) is 5.92 Å². The minimum atomic E-state index is -0.321. The number of benzene rings is 1. The Morgan fingerprint density at radius 3 is 2.45 bits per heavy atom. The number of hydrogen-bond donors (Lipinski definition) is 1. The smallest absolute Gasteiger partial charge is 0.0792 e. The van der Waals surface area contributed by atoms with Crippen LogP contribution in [0.25, 0.3) is 0 Å². The van der Waals surface area contributed by atoms with Crippen LogP contribution in [0.1, 0.15) is 62.8 Å². The van der Waals surface area contributed by atoms with Crippen molar-refractivity contribution in [1.29, 1.82) is 0 Å². The van der Waals surface area contributed by atoms with Crippen molar-refractivity contribution in [3.63, 3.8) is 0 Å². The average molecular weight is 276 g/mol. The first kappa shape index (κ1) is 15.5. The monoisotopic (exact) mass is 276 g/mol. The largest absolute Gasteiger partial charge is 0.388 e. The topological polar surface area (TPSA) is 29.5 Å². The van der Waals surface area contributed by atoms with Gasteiger partial charge in [0.25, 0.3) is 0 Å². The molecule has 2 nitrogen and oxygen atoms in total. The summed E-state index contributed by atoms with van der Waals surface area (Å²) in [5.74, 6) is 0.623. The molecule has 2 heteroatoms. The molecule has 1 aromatic rings. The molecule has 1 unspecified atom stereocenters. The molecule has 1 aliphatic rings. The molecule has 1 aromatic carbocycles. The fourth-order valence-corrected chi connectivity index (χ4v) is 3.22. The van der Waals surface area contributed by atoms with Gasteiger partial charge in [-0.15, -0.1) is 0 Å². The van der Waals surface area contributed by atoms with Gasteiger partial charge < -0.3 is 9.84 Å². The van der Waals surface area contributed by atoms with Gasteiger partial charge in [0, 0.05) is 6.61 Å². The molecule has 112 valence electrons. The second kappa shape index (κ2) is 7.24. The van der Waals surface area contributed by atoms with E-state index in [9.17, 15) is 5.11 Å². The number of aryl methyl sites for hydroxylation is 2. The van der Waals surface area contributed by atoms with Crippen LogP contribution in [0.5, 0.6) is 0 Å². The molecule has 0 aliphatic heterocycles. The maximum absolute atomic E-state index is 10.4. The van der Waals surface area contributed by atoms with Crippen molar-refractivity contribution < 1.29 is 9.84 Å². The lowest BCUT2D eigenvalue weighted by molar-refractivity contribution is -0.0380. The summed E-state index contributed by atoms with van der Waals surface area (Å²) in [6.07, 6.45) is 5.32. The molecule has 1 aliphatic carbocycles. The normalized spacial score (nSPS) is 23.4. The Kier molecular flexibility index (Phi) is 5.62. The van der Waals surface area contributed by atoms with Crippen molar-refractivity contribution in [1.82, 2.24) is 0 Å². The Bertz CT molecular complexity index is 421. The highest BCUT2D eigenvalue weighted by Crippen LogP contribution is 2.37. The van der Waals surface area contributed by atoms with Gasteiger partial charge in [-0.05, 0) is 61.6 Å². The first-order valence-corrected chi connectivity index (χ1v) is 8.09. The fourth-order valence-electron chi connectivity index (χ4n) is 3.22. The predicted molar refractivity (Wildman–Crippen MR) is 82.9 cm³/mol. The second-order valence-corrected chi connectivity index (χ2v) is 5.90. The molecular weight excluding hydrogens is 248 g/mol. The van der Waals surface area contributed by atoms with Gasteiger partial charge in [-0.2, -0.15) is 0 Å². The van der Waals surface area contributed by atoms with Crippen LogP contribution in [0, 0.1) is 5.92 Å². The van der Waals surface area contributed by atoms with E-state index < -0.39 is 0 Å². The van der Waals surface area contributed by atoms with E-state index in [0.29, 0.717) is 12.0 Å². The lowest BCUT2D eigenvalue weighted by Crippen LogP contribution is -2.32. The standard InChI is InChI=1S/C18H28O2/c1-4-14-7-8-16(12-15(14)5-2)18(19)11-13-9-17(10-13)20-6-3/h7-8,12-13,17-19H,4-6,9-11H2,1-3H3. The van der Waals surface area contributed by atoms with E-state index in [2.05, 4.69) is 32.0 Å². The molecule has 0 aromatic heterocycles. The number of ether oxygens (including phenoxy) is 1. The number of rotatable bonds is 7. The maximum atomic E-state index is 10.4. The number of aliphatic hydroxyl groups is 1. The number of aliphatic hydroxyl groups excluding tert-OH is 1. The molecule has 0 radical (unpaired) electrons. The van der Waals surface area contributed by atoms with Gasteiger partial charge in [-0.3, -0.25) is 0 Å². The van der Waals surface area contributed by atoms with Gasteiger partial charge >= 0.3 is 0 Å². The van der Waals surface area contributed by atoms with Crippen LogP contribution in [-0.4, -0.2) is 17.8 Å². The lowest BCUT2D eigenvalue weighted by Gasteiger charge is -2.36. The molecular formula is C18H28O2. The first-order chi connectivity index (χ1) is 9.67. The highest BCUT2D eigenvalue weighted by Gasteiger charge is 2.31. The van der Waals surface area contributed by atoms with Crippen LogP contribution >= 0.6 is 0 Å². The summed E-state index contributed by atoms with van der Waals surface area (Å²) in [6.45, 7) is 7.22. The SMILES string of the molecule is CCOC1CC(CC(O)c2ccc(CC)c(CC)c2)C1. The van der Waals surface area contributed by atoms with Crippen LogP contribution in [0.2, 0.25) is 0 Å². The van der Waals surface area contributed by atoms with Crippen molar-refractivity contribution in [2.75, 3.05) is 6.61 Å². The maximum Gasteiger partial charge on any atom is 0.0792 e. The third-order valence-corrected chi connectivity index (χ3v) is 4.53. The lowest BCUT2D eigenvalue weighted by atomic mass is 9.77. The van der Waals surface area contributed by atoms with Crippen LogP contribution in [0.4, 0.5) is 0 Å². The van der Waals surface area contributed by atoms with Crippen molar-refractivity contribution in [3.8, 4) is 0 Å². The molecule has 0 saturated heterocycles. The Hall–Kier alpha value is -0.860. The first-order valence-electron chi connectivity index (χ1n) is 8.09. The quantitative estimate of drug-likeness (QED) is 0.814. The molecule has 0 spiro atoms. The van der Waals surface area contributed by atoms with E-state index in [4.69, 9.17) is 4.74 Å². The summed E-state index contributed by atoms with van der Waals surface area (Å²) >= 11 is 0. The van der Waals surface area contributed by atoms with E-state index in [0.717, 1.165) is 44.3 Å². The zero-order valence-electron chi connectivity index (χ0n) is 13.1. The minimum absolute atomic E-state index is 0.321. The molecule has 2 rings (SSSR count). The molecule has 1 saturated carbocycles. The highest BCUT2D eigenvalue weighted by atomic mass is 16.5. The van der Waals surface area contributed by atoms with Crippen LogP contribution in [-0.2, 0) is 17.6 Å². The zero-order valence-corrected chi connectivity index (χ0v) is 13.1. The second-order valence-electron chi connectivity index (χ2n) is 5.90. The van der Waals surface area contributed by atoms with Crippen LogP contribution < -0.4 is 0 Å². The Morgan fingerprint density at radius 1 is 1.15 bits per heavy atom. The fraction of sp³-hybridized carbons (Fsp3) is 0.667. The molecule has 0 bridgehead atoms. The summed E-state index contributed by atoms with van der Waals surface area (Å²) in [6, 6.07) is 6.48. The van der Waals surface area contributed by atoms with E-state index in [1.165, 1.54) is 11.1 Å². The van der Waals surface area contributed by atoms with Gasteiger partial charge in [0.1, 0.15) is 0 Å². The molecule has 0 amide bonds. The molecule has 20 heavy (non-hydrogen) atoms. The van der Waals surface area contributed by atoms with Gasteiger partial charge in [0.2, 0.25) is 0 Å². The van der Waals surface area contributed by atoms with Gasteiger partial charge in [0.05, 0.1) is 12.2 Å². The Morgan fingerprint density at radius 2 is 1.85 bits per heavy atom. The number of hydrogen-bond acceptors (Lipinski definition) is 2. The zero-order chi connectivity index (χ0) is 14.5. The predicted octanol–water partition coefficient (Wildman–Crippen LogP) is 4.05. The highest BCUT2D eigenvalue weighted by molar-refractivity contribution is 5.33. The van der Waals surface area contributed by atoms with Gasteiger partial charge in [-0.1, -0.05) is 32.0 Å². The summed E-state index contributed by atoms with van der Waals surface area (Å²) in [7, 11) is 0. The summed E-state index contributed by atoms with van der Waals surface area (Å²) in [5.41, 5.74) is 3.87. The van der Waals surface area contributed by atoms with Crippen LogP contribution in [0.15, 0.2) is 18.2 Å². The van der Waals surface area contributed by atoms with Crippen molar-refractivity contribution in [3.05, 3.63) is 34.9 Å². The van der Waals surface area contributed by atoms with Crippen molar-refractivity contribution in [2.45, 2.75) is 65.1 Å². The summed E-state index contributed by atoms with van der Waals surface area (Å²) < 4.78 is 5.58. The van der Waals surface area contributed by atoms with E-state index in [1.54, 1.807) is 0 Å². The molecule has 1 N–H and O–H groups in total. The minimum Gasteiger partial charge on any atom is -0.388 e. The van der Waals surface area contributed by atoms with Gasteiger partial charge in [-0.25, -0.2) is 0 Å². The Labute approximate surface area is 123 Å². The Balaban J connectivity index is 1.91. The van der Waals surface area contributed by atoms with Gasteiger partial charge in [0.15, 0.2) is 0 Å².